The number of amides is 2. The number of hydrogen-bond acceptors (Lipinski definition) is 5. The van der Waals surface area contributed by atoms with Gasteiger partial charge in [-0.15, -0.1) is 12.4 Å². The molecule has 0 saturated heterocycles. The van der Waals surface area contributed by atoms with Gasteiger partial charge in [-0.05, 0) is 43.7 Å². The highest BCUT2D eigenvalue weighted by atomic mass is 35.5. The first-order valence-corrected chi connectivity index (χ1v) is 11.0. The molecule has 0 aliphatic carbocycles. The standard InChI is InChI=1S/C25H27N5O3.ClH/c1-4-7-21(29-33-3)24(31)28-18-12-10-17(11-13-18)25(32)30-15-14-20-23(27-16(2)26-20)19-8-5-6-9-22(19)30;/h5-6,8-13H,4,7,14-15H2,1-3H3,(H,26,27)(H,28,31);1H. The number of nitrogens with one attached hydrogen (secondary N) is 2. The minimum Gasteiger partial charge on any atom is -0.399 e. The summed E-state index contributed by atoms with van der Waals surface area (Å²) >= 11 is 0. The number of oxime groups is 1. The summed E-state index contributed by atoms with van der Waals surface area (Å²) in [7, 11) is 1.41. The van der Waals surface area contributed by atoms with Gasteiger partial charge in [-0.3, -0.25) is 9.59 Å². The molecule has 0 bridgehead atoms. The molecule has 0 unspecified atom stereocenters. The summed E-state index contributed by atoms with van der Waals surface area (Å²) in [4.78, 5) is 40.4. The van der Waals surface area contributed by atoms with Gasteiger partial charge in [-0.2, -0.15) is 0 Å². The number of carbonyl (C=O) groups is 2. The van der Waals surface area contributed by atoms with Gasteiger partial charge in [-0.1, -0.05) is 36.7 Å². The summed E-state index contributed by atoms with van der Waals surface area (Å²) in [5, 5.41) is 6.61. The number of aryl methyl sites for hydroxylation is 1. The first-order valence-electron chi connectivity index (χ1n) is 11.0. The molecule has 1 aliphatic rings. The zero-order chi connectivity index (χ0) is 23.4. The number of imidazole rings is 1. The summed E-state index contributed by atoms with van der Waals surface area (Å²) in [6.45, 7) is 4.44. The van der Waals surface area contributed by atoms with Crippen LogP contribution in [0.2, 0.25) is 0 Å². The van der Waals surface area contributed by atoms with E-state index in [0.29, 0.717) is 36.3 Å². The van der Waals surface area contributed by atoms with Crippen molar-refractivity contribution in [1.82, 2.24) is 9.97 Å². The van der Waals surface area contributed by atoms with Crippen LogP contribution in [0.25, 0.3) is 11.3 Å². The Morgan fingerprint density at radius 1 is 1.18 bits per heavy atom. The molecule has 2 heterocycles. The van der Waals surface area contributed by atoms with Gasteiger partial charge >= 0.3 is 0 Å². The fraction of sp³-hybridized carbons (Fsp3) is 0.280. The molecule has 0 spiro atoms. The Kier molecular flexibility index (Phi) is 8.07. The van der Waals surface area contributed by atoms with Gasteiger partial charge in [0.2, 0.25) is 0 Å². The smallest absolute Gasteiger partial charge is 0.273 e. The highest BCUT2D eigenvalue weighted by Crippen LogP contribution is 2.35. The number of fused-ring (bicyclic) bond motifs is 3. The molecule has 178 valence electrons. The molecule has 0 atom stereocenters. The van der Waals surface area contributed by atoms with Crippen molar-refractivity contribution in [3.63, 3.8) is 0 Å². The van der Waals surface area contributed by atoms with Crippen LogP contribution >= 0.6 is 12.4 Å². The van der Waals surface area contributed by atoms with Gasteiger partial charge in [0.05, 0.1) is 11.4 Å². The number of hydrogen-bond donors (Lipinski definition) is 2. The van der Waals surface area contributed by atoms with Crippen LogP contribution in [0.15, 0.2) is 53.7 Å². The van der Waals surface area contributed by atoms with E-state index in [-0.39, 0.29) is 24.2 Å². The number of halogens is 1. The third-order valence-electron chi connectivity index (χ3n) is 5.52. The molecule has 4 rings (SSSR count). The largest absolute Gasteiger partial charge is 0.399 e. The topological polar surface area (TPSA) is 99.7 Å². The van der Waals surface area contributed by atoms with E-state index in [4.69, 9.17) is 4.84 Å². The quantitative estimate of drug-likeness (QED) is 0.392. The van der Waals surface area contributed by atoms with Crippen LogP contribution in [-0.4, -0.2) is 41.1 Å². The van der Waals surface area contributed by atoms with Crippen LogP contribution in [0, 0.1) is 6.92 Å². The Morgan fingerprint density at radius 3 is 2.62 bits per heavy atom. The Labute approximate surface area is 204 Å². The second-order valence-corrected chi connectivity index (χ2v) is 7.88. The molecule has 0 saturated carbocycles. The van der Waals surface area contributed by atoms with Crippen molar-refractivity contribution in [2.45, 2.75) is 33.1 Å². The molecule has 2 amide bonds. The first-order chi connectivity index (χ1) is 16.0. The fourth-order valence-electron chi connectivity index (χ4n) is 4.01. The SMILES string of the molecule is CCCC(=NOC)C(=O)Nc1ccc(C(=O)N2CCc3[nH]c(C)nc3-c3ccccc32)cc1.Cl. The minimum atomic E-state index is -0.317. The Bertz CT molecular complexity index is 1200. The Hall–Kier alpha value is -3.65. The second kappa shape index (κ2) is 11.0. The molecular weight excluding hydrogens is 454 g/mol. The van der Waals surface area contributed by atoms with E-state index in [2.05, 4.69) is 20.4 Å². The van der Waals surface area contributed by atoms with Gasteiger partial charge in [0.1, 0.15) is 18.6 Å². The summed E-state index contributed by atoms with van der Waals surface area (Å²) in [5.74, 6) is 0.447. The van der Waals surface area contributed by atoms with Crippen LogP contribution in [0.1, 0.15) is 41.6 Å². The van der Waals surface area contributed by atoms with Crippen molar-refractivity contribution in [3.8, 4) is 11.3 Å². The van der Waals surface area contributed by atoms with E-state index in [1.54, 1.807) is 29.2 Å². The van der Waals surface area contributed by atoms with Crippen molar-refractivity contribution in [3.05, 3.63) is 65.6 Å². The molecule has 2 N–H and O–H groups in total. The lowest BCUT2D eigenvalue weighted by Crippen LogP contribution is -2.32. The number of carbonyl (C=O) groups excluding carboxylic acids is 2. The number of rotatable bonds is 6. The van der Waals surface area contributed by atoms with Crippen LogP contribution in [-0.2, 0) is 16.1 Å². The van der Waals surface area contributed by atoms with E-state index in [1.165, 1.54) is 7.11 Å². The highest BCUT2D eigenvalue weighted by molar-refractivity contribution is 6.42. The van der Waals surface area contributed by atoms with Gasteiger partial charge < -0.3 is 20.0 Å². The number of para-hydroxylation sites is 1. The number of nitrogens with zero attached hydrogens (tertiary/aromatic N) is 3. The Morgan fingerprint density at radius 2 is 1.91 bits per heavy atom. The predicted octanol–water partition coefficient (Wildman–Crippen LogP) is 4.75. The molecule has 8 nitrogen and oxygen atoms in total. The third kappa shape index (κ3) is 5.12. The van der Waals surface area contributed by atoms with Crippen molar-refractivity contribution in [2.24, 2.45) is 5.16 Å². The van der Waals surface area contributed by atoms with Gasteiger partial charge in [0.25, 0.3) is 11.8 Å². The zero-order valence-corrected chi connectivity index (χ0v) is 20.2. The maximum atomic E-state index is 13.4. The number of anilines is 2. The summed E-state index contributed by atoms with van der Waals surface area (Å²) in [5.41, 5.74) is 5.16. The van der Waals surface area contributed by atoms with Crippen LogP contribution < -0.4 is 10.2 Å². The average molecular weight is 482 g/mol. The van der Waals surface area contributed by atoms with Crippen molar-refractivity contribution in [1.29, 1.82) is 0 Å². The summed E-state index contributed by atoms with van der Waals surface area (Å²) in [6.07, 6.45) is 1.98. The molecular formula is C25H28ClN5O3. The van der Waals surface area contributed by atoms with Gasteiger partial charge in [-0.25, -0.2) is 4.98 Å². The van der Waals surface area contributed by atoms with Crippen molar-refractivity contribution < 1.29 is 14.4 Å². The minimum absolute atomic E-state index is 0. The van der Waals surface area contributed by atoms with Crippen LogP contribution in [0.3, 0.4) is 0 Å². The monoisotopic (exact) mass is 481 g/mol. The van der Waals surface area contributed by atoms with Gasteiger partial charge in [0, 0.05) is 35.5 Å². The number of aromatic nitrogens is 2. The lowest BCUT2D eigenvalue weighted by Gasteiger charge is -2.23. The zero-order valence-electron chi connectivity index (χ0n) is 19.4. The van der Waals surface area contributed by atoms with E-state index in [1.807, 2.05) is 38.1 Å². The normalized spacial score (nSPS) is 12.7. The summed E-state index contributed by atoms with van der Waals surface area (Å²) < 4.78 is 0. The maximum Gasteiger partial charge on any atom is 0.273 e. The molecule has 2 aromatic carbocycles. The molecule has 9 heteroatoms. The van der Waals surface area contributed by atoms with E-state index in [9.17, 15) is 9.59 Å². The predicted molar refractivity (Wildman–Crippen MR) is 136 cm³/mol. The molecule has 3 aromatic rings. The van der Waals surface area contributed by atoms with E-state index < -0.39 is 0 Å². The number of benzene rings is 2. The molecule has 0 radical (unpaired) electrons. The number of H-pyrrole nitrogens is 1. The Balaban J connectivity index is 0.00000324. The molecule has 1 aliphatic heterocycles. The molecule has 1 aromatic heterocycles. The van der Waals surface area contributed by atoms with Crippen LogP contribution in [0.5, 0.6) is 0 Å². The first kappa shape index (κ1) is 25.0. The average Bonchev–Trinajstić information content (AvgIpc) is 3.12. The lowest BCUT2D eigenvalue weighted by atomic mass is 10.1. The lowest BCUT2D eigenvalue weighted by molar-refractivity contribution is -0.110. The van der Waals surface area contributed by atoms with E-state index >= 15 is 0 Å². The van der Waals surface area contributed by atoms with Gasteiger partial charge in [0.15, 0.2) is 0 Å². The number of aromatic amines is 1. The summed E-state index contributed by atoms with van der Waals surface area (Å²) in [6, 6.07) is 14.7. The fourth-order valence-corrected chi connectivity index (χ4v) is 4.01. The van der Waals surface area contributed by atoms with E-state index in [0.717, 1.165) is 34.9 Å². The molecule has 34 heavy (non-hydrogen) atoms. The highest BCUT2D eigenvalue weighted by Gasteiger charge is 2.26. The second-order valence-electron chi connectivity index (χ2n) is 7.88. The van der Waals surface area contributed by atoms with Crippen molar-refractivity contribution in [2.75, 3.05) is 23.9 Å². The van der Waals surface area contributed by atoms with Crippen molar-refractivity contribution >= 4 is 41.3 Å². The maximum absolute atomic E-state index is 13.4. The van der Waals surface area contributed by atoms with Crippen LogP contribution in [0.4, 0.5) is 11.4 Å². The molecule has 0 fully saturated rings. The third-order valence-corrected chi connectivity index (χ3v) is 5.52.